The van der Waals surface area contributed by atoms with Crippen LogP contribution in [0, 0.1) is 0 Å². The molecular weight excluding hydrogens is 394 g/mol. The molecule has 2 heterocycles. The third-order valence-corrected chi connectivity index (χ3v) is 5.91. The maximum absolute atomic E-state index is 11.2. The number of benzene rings is 2. The van der Waals surface area contributed by atoms with E-state index in [1.807, 2.05) is 36.4 Å². The zero-order valence-electron chi connectivity index (χ0n) is 15.2. The maximum atomic E-state index is 11.2. The second kappa shape index (κ2) is 8.24. The Bertz CT molecular complexity index is 983. The van der Waals surface area contributed by atoms with Gasteiger partial charge in [0.1, 0.15) is 0 Å². The summed E-state index contributed by atoms with van der Waals surface area (Å²) in [6.07, 6.45) is 2.33. The fourth-order valence-electron chi connectivity index (χ4n) is 3.23. The lowest BCUT2D eigenvalue weighted by Gasteiger charge is -2.18. The van der Waals surface area contributed by atoms with Crippen molar-refractivity contribution in [1.29, 1.82) is 0 Å². The highest BCUT2D eigenvalue weighted by molar-refractivity contribution is 7.98. The zero-order valence-corrected chi connectivity index (χ0v) is 16.8. The Kier molecular flexibility index (Phi) is 5.54. The molecule has 144 valence electrons. The molecule has 8 heteroatoms. The van der Waals surface area contributed by atoms with Gasteiger partial charge in [-0.25, -0.2) is 0 Å². The minimum absolute atomic E-state index is 0.421. The molecule has 0 spiro atoms. The molecule has 0 bridgehead atoms. The average Bonchev–Trinajstić information content (AvgIpc) is 3.36. The Hall–Kier alpha value is -2.51. The number of anilines is 1. The summed E-state index contributed by atoms with van der Waals surface area (Å²) in [5.74, 6) is 1.14. The molecule has 0 saturated carbocycles. The first-order chi connectivity index (χ1) is 13.6. The highest BCUT2D eigenvalue weighted by Crippen LogP contribution is 2.31. The molecule has 1 fully saturated rings. The van der Waals surface area contributed by atoms with E-state index in [4.69, 9.17) is 17.3 Å². The largest absolute Gasteiger partial charge is 0.366 e. The molecule has 0 atom stereocenters. The smallest absolute Gasteiger partial charge is 0.248 e. The fraction of sp³-hybridized carbons (Fsp3) is 0.250. The first kappa shape index (κ1) is 18.8. The van der Waals surface area contributed by atoms with Crippen LogP contribution in [0.2, 0.25) is 5.02 Å². The number of hydrogen-bond donors (Lipinski definition) is 1. The highest BCUT2D eigenvalue weighted by Gasteiger charge is 2.22. The number of carbonyl (C=O) groups excluding carboxylic acids is 1. The highest BCUT2D eigenvalue weighted by atomic mass is 35.5. The van der Waals surface area contributed by atoms with Crippen molar-refractivity contribution in [3.8, 4) is 5.69 Å². The molecule has 0 radical (unpaired) electrons. The van der Waals surface area contributed by atoms with Crippen LogP contribution in [0.5, 0.6) is 0 Å². The first-order valence-electron chi connectivity index (χ1n) is 9.09. The van der Waals surface area contributed by atoms with E-state index in [1.54, 1.807) is 23.9 Å². The van der Waals surface area contributed by atoms with Crippen molar-refractivity contribution in [3.63, 3.8) is 0 Å². The molecular formula is C20H20ClN5OS. The van der Waals surface area contributed by atoms with Gasteiger partial charge in [0.05, 0.1) is 5.69 Å². The Morgan fingerprint density at radius 1 is 1.11 bits per heavy atom. The molecule has 3 aromatic rings. The molecule has 2 N–H and O–H groups in total. The topological polar surface area (TPSA) is 77.0 Å². The molecule has 0 aliphatic carbocycles. The van der Waals surface area contributed by atoms with Gasteiger partial charge in [-0.1, -0.05) is 41.6 Å². The van der Waals surface area contributed by atoms with Crippen LogP contribution in [0.25, 0.3) is 5.69 Å². The van der Waals surface area contributed by atoms with Gasteiger partial charge in [-0.3, -0.25) is 9.36 Å². The average molecular weight is 414 g/mol. The standard InChI is InChI=1S/C20H20ClN5OS/c21-16-4-3-5-17(12-16)26-19(25-10-1-2-11-25)23-24-20(26)28-13-14-6-8-15(9-7-14)18(22)27/h3-9,12H,1-2,10-11,13H2,(H2,22,27). The minimum atomic E-state index is -0.421. The summed E-state index contributed by atoms with van der Waals surface area (Å²) in [4.78, 5) is 13.5. The summed E-state index contributed by atoms with van der Waals surface area (Å²) >= 11 is 7.83. The molecule has 0 unspecified atom stereocenters. The molecule has 1 aromatic heterocycles. The summed E-state index contributed by atoms with van der Waals surface area (Å²) in [5, 5.41) is 10.4. The molecule has 28 heavy (non-hydrogen) atoms. The number of nitrogens with two attached hydrogens (primary N) is 1. The predicted octanol–water partition coefficient (Wildman–Crippen LogP) is 3.91. The van der Waals surface area contributed by atoms with E-state index in [0.717, 1.165) is 48.3 Å². The van der Waals surface area contributed by atoms with Crippen LogP contribution in [0.15, 0.2) is 53.7 Å². The number of hydrogen-bond acceptors (Lipinski definition) is 5. The summed E-state index contributed by atoms with van der Waals surface area (Å²) in [5.41, 5.74) is 7.85. The van der Waals surface area contributed by atoms with Crippen molar-refractivity contribution in [2.24, 2.45) is 5.73 Å². The van der Waals surface area contributed by atoms with Crippen LogP contribution in [0.3, 0.4) is 0 Å². The van der Waals surface area contributed by atoms with Gasteiger partial charge >= 0.3 is 0 Å². The number of thioether (sulfide) groups is 1. The van der Waals surface area contributed by atoms with Gasteiger partial charge in [-0.15, -0.1) is 10.2 Å². The Labute approximate surface area is 172 Å². The van der Waals surface area contributed by atoms with Gasteiger partial charge < -0.3 is 10.6 Å². The zero-order chi connectivity index (χ0) is 19.5. The Morgan fingerprint density at radius 3 is 2.54 bits per heavy atom. The van der Waals surface area contributed by atoms with Crippen LogP contribution >= 0.6 is 23.4 Å². The van der Waals surface area contributed by atoms with E-state index in [0.29, 0.717) is 16.3 Å². The van der Waals surface area contributed by atoms with Gasteiger partial charge in [-0.05, 0) is 48.7 Å². The van der Waals surface area contributed by atoms with Crippen molar-refractivity contribution in [2.45, 2.75) is 23.8 Å². The number of rotatable bonds is 6. The normalized spacial score (nSPS) is 13.8. The third-order valence-electron chi connectivity index (χ3n) is 4.68. The first-order valence-corrected chi connectivity index (χ1v) is 10.5. The van der Waals surface area contributed by atoms with Crippen LogP contribution in [0.4, 0.5) is 5.95 Å². The maximum Gasteiger partial charge on any atom is 0.248 e. The molecule has 4 rings (SSSR count). The lowest BCUT2D eigenvalue weighted by Crippen LogP contribution is -2.22. The monoisotopic (exact) mass is 413 g/mol. The number of halogens is 1. The SMILES string of the molecule is NC(=O)c1ccc(CSc2nnc(N3CCCC3)n2-c2cccc(Cl)c2)cc1. The molecule has 1 aliphatic heterocycles. The molecule has 6 nitrogen and oxygen atoms in total. The second-order valence-corrected chi connectivity index (χ2v) is 8.02. The van der Waals surface area contributed by atoms with Crippen LogP contribution in [-0.4, -0.2) is 33.8 Å². The quantitative estimate of drug-likeness (QED) is 0.620. The lowest BCUT2D eigenvalue weighted by atomic mass is 10.1. The molecule has 1 aliphatic rings. The predicted molar refractivity (Wildman–Crippen MR) is 112 cm³/mol. The van der Waals surface area contributed by atoms with E-state index in [-0.39, 0.29) is 0 Å². The van der Waals surface area contributed by atoms with Gasteiger partial charge in [-0.2, -0.15) is 0 Å². The van der Waals surface area contributed by atoms with Crippen LogP contribution in [-0.2, 0) is 5.75 Å². The summed E-state index contributed by atoms with van der Waals surface area (Å²) in [6, 6.07) is 15.0. The summed E-state index contributed by atoms with van der Waals surface area (Å²) in [6.45, 7) is 1.97. The molecule has 1 amide bonds. The number of amides is 1. The summed E-state index contributed by atoms with van der Waals surface area (Å²) < 4.78 is 2.07. The number of carbonyl (C=O) groups is 1. The van der Waals surface area contributed by atoms with Crippen molar-refractivity contribution in [2.75, 3.05) is 18.0 Å². The lowest BCUT2D eigenvalue weighted by molar-refractivity contribution is 0.100. The Morgan fingerprint density at radius 2 is 1.86 bits per heavy atom. The van der Waals surface area contributed by atoms with Gasteiger partial charge in [0.2, 0.25) is 11.9 Å². The molecule has 1 saturated heterocycles. The minimum Gasteiger partial charge on any atom is -0.366 e. The van der Waals surface area contributed by atoms with Gasteiger partial charge in [0.15, 0.2) is 5.16 Å². The van der Waals surface area contributed by atoms with Crippen molar-refractivity contribution in [1.82, 2.24) is 14.8 Å². The van der Waals surface area contributed by atoms with E-state index in [2.05, 4.69) is 19.7 Å². The van der Waals surface area contributed by atoms with Crippen molar-refractivity contribution < 1.29 is 4.79 Å². The number of nitrogens with zero attached hydrogens (tertiary/aromatic N) is 4. The second-order valence-electron chi connectivity index (χ2n) is 6.64. The Balaban J connectivity index is 1.62. The van der Waals surface area contributed by atoms with E-state index in [1.165, 1.54) is 0 Å². The van der Waals surface area contributed by atoms with Crippen molar-refractivity contribution in [3.05, 3.63) is 64.7 Å². The van der Waals surface area contributed by atoms with Crippen molar-refractivity contribution >= 4 is 35.2 Å². The van der Waals surface area contributed by atoms with Crippen LogP contribution in [0.1, 0.15) is 28.8 Å². The number of aromatic nitrogens is 3. The number of primary amides is 1. The van der Waals surface area contributed by atoms with E-state index < -0.39 is 5.91 Å². The van der Waals surface area contributed by atoms with Gasteiger partial charge in [0.25, 0.3) is 0 Å². The molecule has 2 aromatic carbocycles. The third kappa shape index (κ3) is 4.00. The van der Waals surface area contributed by atoms with E-state index >= 15 is 0 Å². The fourth-order valence-corrected chi connectivity index (χ4v) is 4.32. The van der Waals surface area contributed by atoms with E-state index in [9.17, 15) is 4.79 Å². The van der Waals surface area contributed by atoms with Crippen LogP contribution < -0.4 is 10.6 Å². The summed E-state index contributed by atoms with van der Waals surface area (Å²) in [7, 11) is 0. The van der Waals surface area contributed by atoms with Gasteiger partial charge in [0, 0.05) is 29.4 Å².